The molecule has 2 N–H and O–H groups in total. The predicted octanol–water partition coefficient (Wildman–Crippen LogP) is 1.24. The van der Waals surface area contributed by atoms with Gasteiger partial charge in [0.25, 0.3) is 0 Å². The molecule has 144 valence electrons. The fraction of sp³-hybridized carbons (Fsp3) is 0.556. The molecule has 7 nitrogen and oxygen atoms in total. The van der Waals surface area contributed by atoms with Crippen molar-refractivity contribution in [2.45, 2.75) is 43.5 Å². The number of rotatable bonds is 8. The molecular formula is C18H27N3O4S. The topological polar surface area (TPSA) is 101 Å². The molecule has 1 atom stereocenters. The lowest BCUT2D eigenvalue weighted by atomic mass is 10.2. The molecule has 1 fully saturated rings. The lowest BCUT2D eigenvalue weighted by molar-refractivity contribution is -0.132. The molecule has 1 unspecified atom stereocenters. The molecule has 1 aromatic rings. The minimum absolute atomic E-state index is 0.0366. The molecule has 1 aliphatic rings. The highest BCUT2D eigenvalue weighted by atomic mass is 32.2. The van der Waals surface area contributed by atoms with Crippen molar-refractivity contribution in [3.63, 3.8) is 0 Å². The largest absolute Gasteiger partial charge is 0.338 e. The molecule has 2 rings (SSSR count). The molecule has 0 radical (unpaired) electrons. The average Bonchev–Trinajstić information content (AvgIpc) is 3.10. The number of likely N-dealkylation sites (tertiary alicyclic amines) is 1. The van der Waals surface area contributed by atoms with Crippen LogP contribution in [0.3, 0.4) is 0 Å². The van der Waals surface area contributed by atoms with E-state index in [2.05, 4.69) is 0 Å². The van der Waals surface area contributed by atoms with Crippen LogP contribution < -0.4 is 5.73 Å². The van der Waals surface area contributed by atoms with E-state index in [1.54, 1.807) is 0 Å². The molecule has 1 amide bonds. The van der Waals surface area contributed by atoms with Gasteiger partial charge in [-0.2, -0.15) is 0 Å². The second kappa shape index (κ2) is 8.75. The first-order valence-electron chi connectivity index (χ1n) is 8.84. The molecule has 1 saturated heterocycles. The lowest BCUT2D eigenvalue weighted by Gasteiger charge is -2.24. The molecule has 0 spiro atoms. The van der Waals surface area contributed by atoms with Crippen molar-refractivity contribution in [1.29, 1.82) is 0 Å². The smallest absolute Gasteiger partial charge is 0.242 e. The summed E-state index contributed by atoms with van der Waals surface area (Å²) >= 11 is 0. The number of hydrogen-bond acceptors (Lipinski definition) is 5. The van der Waals surface area contributed by atoms with Crippen LogP contribution in [-0.2, 0) is 14.8 Å². The summed E-state index contributed by atoms with van der Waals surface area (Å²) in [5, 5.41) is 0. The first-order chi connectivity index (χ1) is 12.3. The number of ketones is 1. The Balaban J connectivity index is 1.90. The van der Waals surface area contributed by atoms with Crippen LogP contribution in [0.25, 0.3) is 0 Å². The number of amides is 1. The van der Waals surface area contributed by atoms with E-state index in [9.17, 15) is 18.0 Å². The Hall–Kier alpha value is -1.77. The van der Waals surface area contributed by atoms with E-state index in [0.717, 1.165) is 19.4 Å². The summed E-state index contributed by atoms with van der Waals surface area (Å²) in [6.07, 6.45) is 2.67. The van der Waals surface area contributed by atoms with Gasteiger partial charge >= 0.3 is 0 Å². The van der Waals surface area contributed by atoms with Crippen molar-refractivity contribution in [2.75, 3.05) is 26.7 Å². The third kappa shape index (κ3) is 4.69. The summed E-state index contributed by atoms with van der Waals surface area (Å²) in [4.78, 5) is 25.5. The van der Waals surface area contributed by atoms with Crippen molar-refractivity contribution in [2.24, 2.45) is 5.73 Å². The molecule has 0 aromatic heterocycles. The summed E-state index contributed by atoms with van der Waals surface area (Å²) in [5.41, 5.74) is 6.16. The molecule has 0 aliphatic carbocycles. The third-order valence-corrected chi connectivity index (χ3v) is 6.67. The highest BCUT2D eigenvalue weighted by Gasteiger charge is 2.27. The van der Waals surface area contributed by atoms with Gasteiger partial charge in [0.15, 0.2) is 5.78 Å². The zero-order chi connectivity index (χ0) is 19.3. The Bertz CT molecular complexity index is 746. The third-order valence-electron chi connectivity index (χ3n) is 4.80. The summed E-state index contributed by atoms with van der Waals surface area (Å²) in [7, 11) is -2.14. The zero-order valence-electron chi connectivity index (χ0n) is 15.3. The molecule has 26 heavy (non-hydrogen) atoms. The number of carbonyl (C=O) groups is 2. The number of carbonyl (C=O) groups excluding carboxylic acids is 2. The van der Waals surface area contributed by atoms with Gasteiger partial charge < -0.3 is 10.6 Å². The second-order valence-corrected chi connectivity index (χ2v) is 8.67. The van der Waals surface area contributed by atoms with Crippen molar-refractivity contribution in [3.05, 3.63) is 29.8 Å². The summed E-state index contributed by atoms with van der Waals surface area (Å²) in [5.74, 6) is -0.0759. The average molecular weight is 381 g/mol. The molecule has 0 bridgehead atoms. The van der Waals surface area contributed by atoms with Gasteiger partial charge in [-0.25, -0.2) is 12.7 Å². The van der Waals surface area contributed by atoms with E-state index in [-0.39, 0.29) is 29.2 Å². The summed E-state index contributed by atoms with van der Waals surface area (Å²) < 4.78 is 26.4. The standard InChI is InChI=1S/C18H27N3O4S/c1-14(22)15-7-9-17(10-8-15)26(24,25)20(2)11-4-6-18(23)21-12-3-5-16(21)13-19/h7-10,16H,3-6,11-13,19H2,1-2H3. The van der Waals surface area contributed by atoms with E-state index in [1.807, 2.05) is 4.90 Å². The minimum Gasteiger partial charge on any atom is -0.338 e. The molecule has 1 aromatic carbocycles. The number of hydrogen-bond donors (Lipinski definition) is 1. The van der Waals surface area contributed by atoms with Gasteiger partial charge in [-0.15, -0.1) is 0 Å². The van der Waals surface area contributed by atoms with Crippen LogP contribution in [0.4, 0.5) is 0 Å². The van der Waals surface area contributed by atoms with Gasteiger partial charge in [0.05, 0.1) is 4.90 Å². The Morgan fingerprint density at radius 1 is 1.27 bits per heavy atom. The SMILES string of the molecule is CC(=O)c1ccc(S(=O)(=O)N(C)CCCC(=O)N2CCCC2CN)cc1. The minimum atomic E-state index is -3.64. The number of benzene rings is 1. The van der Waals surface area contributed by atoms with Gasteiger partial charge in [-0.05, 0) is 38.3 Å². The normalized spacial score (nSPS) is 17.7. The highest BCUT2D eigenvalue weighted by molar-refractivity contribution is 7.89. The van der Waals surface area contributed by atoms with Crippen LogP contribution >= 0.6 is 0 Å². The number of Topliss-reactive ketones (excluding diaryl/α,β-unsaturated/α-hetero) is 1. The Morgan fingerprint density at radius 3 is 2.50 bits per heavy atom. The molecule has 1 heterocycles. The number of nitrogens with zero attached hydrogens (tertiary/aromatic N) is 2. The monoisotopic (exact) mass is 381 g/mol. The van der Waals surface area contributed by atoms with Crippen molar-refractivity contribution < 1.29 is 18.0 Å². The van der Waals surface area contributed by atoms with Gasteiger partial charge in [-0.3, -0.25) is 9.59 Å². The van der Waals surface area contributed by atoms with E-state index in [4.69, 9.17) is 5.73 Å². The fourth-order valence-electron chi connectivity index (χ4n) is 3.17. The number of sulfonamides is 1. The van der Waals surface area contributed by atoms with Gasteiger partial charge in [0, 0.05) is 44.7 Å². The van der Waals surface area contributed by atoms with E-state index >= 15 is 0 Å². The fourth-order valence-corrected chi connectivity index (χ4v) is 4.38. The molecule has 1 aliphatic heterocycles. The van der Waals surface area contributed by atoms with Gasteiger partial charge in [-0.1, -0.05) is 12.1 Å². The molecule has 8 heteroatoms. The first-order valence-corrected chi connectivity index (χ1v) is 10.3. The van der Waals surface area contributed by atoms with Gasteiger partial charge in [0.2, 0.25) is 15.9 Å². The van der Waals surface area contributed by atoms with Crippen LogP contribution in [0.1, 0.15) is 43.0 Å². The van der Waals surface area contributed by atoms with Crippen LogP contribution in [0.15, 0.2) is 29.2 Å². The Labute approximate surface area is 155 Å². The van der Waals surface area contributed by atoms with Crippen LogP contribution in [0, 0.1) is 0 Å². The zero-order valence-corrected chi connectivity index (χ0v) is 16.2. The lowest BCUT2D eigenvalue weighted by Crippen LogP contribution is -2.40. The van der Waals surface area contributed by atoms with E-state index in [0.29, 0.717) is 24.9 Å². The quantitative estimate of drug-likeness (QED) is 0.683. The highest BCUT2D eigenvalue weighted by Crippen LogP contribution is 2.19. The van der Waals surface area contributed by atoms with Gasteiger partial charge in [0.1, 0.15) is 0 Å². The van der Waals surface area contributed by atoms with Crippen LogP contribution in [0.2, 0.25) is 0 Å². The Kier molecular flexibility index (Phi) is 6.91. The maximum atomic E-state index is 12.6. The van der Waals surface area contributed by atoms with Crippen molar-refractivity contribution in [3.8, 4) is 0 Å². The number of nitrogens with two attached hydrogens (primary N) is 1. The van der Waals surface area contributed by atoms with Crippen molar-refractivity contribution in [1.82, 2.24) is 9.21 Å². The second-order valence-electron chi connectivity index (χ2n) is 6.63. The Morgan fingerprint density at radius 2 is 1.92 bits per heavy atom. The molecular weight excluding hydrogens is 354 g/mol. The maximum Gasteiger partial charge on any atom is 0.242 e. The maximum absolute atomic E-state index is 12.6. The van der Waals surface area contributed by atoms with Crippen LogP contribution in [0.5, 0.6) is 0 Å². The van der Waals surface area contributed by atoms with E-state index in [1.165, 1.54) is 42.5 Å². The van der Waals surface area contributed by atoms with Crippen LogP contribution in [-0.4, -0.2) is 62.0 Å². The first kappa shape index (κ1) is 20.5. The van der Waals surface area contributed by atoms with Crippen molar-refractivity contribution >= 4 is 21.7 Å². The summed E-state index contributed by atoms with van der Waals surface area (Å²) in [6.45, 7) is 2.89. The molecule has 0 saturated carbocycles. The summed E-state index contributed by atoms with van der Waals surface area (Å²) in [6, 6.07) is 6.00. The van der Waals surface area contributed by atoms with E-state index < -0.39 is 10.0 Å². The predicted molar refractivity (Wildman–Crippen MR) is 99.3 cm³/mol.